The standard InChI is InChI=1S/C11H10ClF3O3/c12-6-2-4-7-8(10(16)17)3-1-5-9(7)18-11(13,14)15/h1,3,5H,2,4,6H2,(H,16,17). The molecule has 1 rings (SSSR count). The maximum Gasteiger partial charge on any atom is 0.573 e. The normalized spacial score (nSPS) is 11.3. The molecule has 0 fully saturated rings. The van der Waals surface area contributed by atoms with Crippen LogP contribution < -0.4 is 4.74 Å². The first kappa shape index (κ1) is 14.6. The Morgan fingerprint density at radius 2 is 2.06 bits per heavy atom. The minimum absolute atomic E-state index is 0.00275. The van der Waals surface area contributed by atoms with E-state index >= 15 is 0 Å². The fourth-order valence-electron chi connectivity index (χ4n) is 1.49. The second-order valence-electron chi connectivity index (χ2n) is 3.43. The third-order valence-electron chi connectivity index (χ3n) is 2.15. The summed E-state index contributed by atoms with van der Waals surface area (Å²) in [7, 11) is 0. The highest BCUT2D eigenvalue weighted by molar-refractivity contribution is 6.17. The monoisotopic (exact) mass is 282 g/mol. The lowest BCUT2D eigenvalue weighted by atomic mass is 10.0. The summed E-state index contributed by atoms with van der Waals surface area (Å²) in [4.78, 5) is 10.9. The quantitative estimate of drug-likeness (QED) is 0.841. The van der Waals surface area contributed by atoms with Crippen LogP contribution in [0.4, 0.5) is 13.2 Å². The second kappa shape index (κ2) is 5.95. The van der Waals surface area contributed by atoms with Crippen molar-refractivity contribution in [1.29, 1.82) is 0 Å². The van der Waals surface area contributed by atoms with Crippen molar-refractivity contribution in [3.05, 3.63) is 29.3 Å². The molecular formula is C11H10ClF3O3. The molecule has 7 heteroatoms. The Morgan fingerprint density at radius 1 is 1.39 bits per heavy atom. The lowest BCUT2D eigenvalue weighted by Crippen LogP contribution is -2.19. The molecule has 100 valence electrons. The van der Waals surface area contributed by atoms with E-state index in [0.29, 0.717) is 6.42 Å². The topological polar surface area (TPSA) is 46.5 Å². The summed E-state index contributed by atoms with van der Waals surface area (Å²) in [6.07, 6.45) is -4.38. The predicted molar refractivity (Wildman–Crippen MR) is 59.1 cm³/mol. The van der Waals surface area contributed by atoms with Gasteiger partial charge in [0.15, 0.2) is 0 Å². The Kier molecular flexibility index (Phi) is 4.84. The Hall–Kier alpha value is -1.43. The number of halogens is 4. The van der Waals surface area contributed by atoms with Crippen molar-refractivity contribution >= 4 is 17.6 Å². The third-order valence-corrected chi connectivity index (χ3v) is 2.42. The summed E-state index contributed by atoms with van der Waals surface area (Å²) in [5, 5.41) is 8.92. The molecule has 0 aliphatic rings. The van der Waals surface area contributed by atoms with Gasteiger partial charge in [0, 0.05) is 11.4 Å². The van der Waals surface area contributed by atoms with Crippen molar-refractivity contribution in [3.8, 4) is 5.75 Å². The zero-order valence-electron chi connectivity index (χ0n) is 9.13. The Bertz CT molecular complexity index is 432. The molecule has 0 saturated heterocycles. The van der Waals surface area contributed by atoms with Crippen LogP contribution in [-0.2, 0) is 6.42 Å². The lowest BCUT2D eigenvalue weighted by molar-refractivity contribution is -0.274. The number of carboxylic acids is 1. The van der Waals surface area contributed by atoms with Crippen molar-refractivity contribution in [3.63, 3.8) is 0 Å². The smallest absolute Gasteiger partial charge is 0.478 e. The van der Waals surface area contributed by atoms with E-state index in [2.05, 4.69) is 4.74 Å². The molecule has 3 nitrogen and oxygen atoms in total. The molecule has 1 N–H and O–H groups in total. The van der Waals surface area contributed by atoms with Crippen molar-refractivity contribution < 1.29 is 27.8 Å². The third kappa shape index (κ3) is 4.10. The van der Waals surface area contributed by atoms with E-state index in [1.54, 1.807) is 0 Å². The molecule has 0 aliphatic heterocycles. The van der Waals surface area contributed by atoms with Gasteiger partial charge >= 0.3 is 12.3 Å². The largest absolute Gasteiger partial charge is 0.573 e. The molecule has 0 bridgehead atoms. The van der Waals surface area contributed by atoms with Gasteiger partial charge in [0.05, 0.1) is 5.56 Å². The van der Waals surface area contributed by atoms with Crippen LogP contribution in [0.3, 0.4) is 0 Å². The highest BCUT2D eigenvalue weighted by Crippen LogP contribution is 2.29. The first-order valence-corrected chi connectivity index (χ1v) is 5.55. The van der Waals surface area contributed by atoms with Crippen molar-refractivity contribution in [2.45, 2.75) is 19.2 Å². The Labute approximate surface area is 106 Å². The molecule has 0 amide bonds. The highest BCUT2D eigenvalue weighted by Gasteiger charge is 2.32. The van der Waals surface area contributed by atoms with Gasteiger partial charge in [-0.15, -0.1) is 24.8 Å². The molecular weight excluding hydrogens is 273 g/mol. The van der Waals surface area contributed by atoms with E-state index in [1.807, 2.05) is 0 Å². The maximum atomic E-state index is 12.2. The summed E-state index contributed by atoms with van der Waals surface area (Å²) < 4.78 is 40.4. The van der Waals surface area contributed by atoms with E-state index in [1.165, 1.54) is 12.1 Å². The molecule has 0 spiro atoms. The maximum absolute atomic E-state index is 12.2. The van der Waals surface area contributed by atoms with E-state index in [4.69, 9.17) is 16.7 Å². The molecule has 0 radical (unpaired) electrons. The number of alkyl halides is 4. The SMILES string of the molecule is O=C(O)c1cccc(OC(F)(F)F)c1CCCCl. The number of hydrogen-bond acceptors (Lipinski definition) is 2. The zero-order chi connectivity index (χ0) is 13.8. The highest BCUT2D eigenvalue weighted by atomic mass is 35.5. The predicted octanol–water partition coefficient (Wildman–Crippen LogP) is 3.45. The average Bonchev–Trinajstić information content (AvgIpc) is 2.24. The van der Waals surface area contributed by atoms with E-state index in [9.17, 15) is 18.0 Å². The molecule has 0 unspecified atom stereocenters. The Morgan fingerprint density at radius 3 is 2.56 bits per heavy atom. The second-order valence-corrected chi connectivity index (χ2v) is 3.81. The number of aromatic carboxylic acids is 1. The number of carbonyl (C=O) groups is 1. The average molecular weight is 283 g/mol. The van der Waals surface area contributed by atoms with Gasteiger partial charge in [0.25, 0.3) is 0 Å². The first-order chi connectivity index (χ1) is 8.35. The van der Waals surface area contributed by atoms with Gasteiger partial charge in [0.2, 0.25) is 0 Å². The lowest BCUT2D eigenvalue weighted by Gasteiger charge is -2.14. The van der Waals surface area contributed by atoms with Crippen LogP contribution in [0.15, 0.2) is 18.2 Å². The van der Waals surface area contributed by atoms with Gasteiger partial charge in [0.1, 0.15) is 5.75 Å². The van der Waals surface area contributed by atoms with Gasteiger partial charge in [-0.1, -0.05) is 6.07 Å². The summed E-state index contributed by atoms with van der Waals surface area (Å²) in [6.45, 7) is 0. The molecule has 18 heavy (non-hydrogen) atoms. The fourth-order valence-corrected chi connectivity index (χ4v) is 1.62. The molecule has 0 aliphatic carbocycles. The minimum atomic E-state index is -4.85. The number of hydrogen-bond donors (Lipinski definition) is 1. The van der Waals surface area contributed by atoms with Crippen LogP contribution in [0.25, 0.3) is 0 Å². The molecule has 0 atom stereocenters. The molecule has 0 saturated carbocycles. The van der Waals surface area contributed by atoms with E-state index in [0.717, 1.165) is 6.07 Å². The van der Waals surface area contributed by atoms with Gasteiger partial charge in [-0.2, -0.15) is 0 Å². The molecule has 1 aromatic rings. The summed E-state index contributed by atoms with van der Waals surface area (Å²) in [5.41, 5.74) is -0.204. The van der Waals surface area contributed by atoms with Crippen molar-refractivity contribution in [2.24, 2.45) is 0 Å². The van der Waals surface area contributed by atoms with Crippen molar-refractivity contribution in [2.75, 3.05) is 5.88 Å². The van der Waals surface area contributed by atoms with E-state index in [-0.39, 0.29) is 23.4 Å². The first-order valence-electron chi connectivity index (χ1n) is 5.02. The fraction of sp³-hybridized carbons (Fsp3) is 0.364. The molecule has 1 aromatic carbocycles. The summed E-state index contributed by atoms with van der Waals surface area (Å²) in [6, 6.07) is 3.52. The van der Waals surface area contributed by atoms with E-state index < -0.39 is 18.1 Å². The van der Waals surface area contributed by atoms with Crippen LogP contribution in [0.2, 0.25) is 0 Å². The Balaban J connectivity index is 3.15. The molecule has 0 aromatic heterocycles. The summed E-state index contributed by atoms with van der Waals surface area (Å²) >= 11 is 5.46. The van der Waals surface area contributed by atoms with Gasteiger partial charge < -0.3 is 9.84 Å². The number of ether oxygens (including phenoxy) is 1. The number of benzene rings is 1. The van der Waals surface area contributed by atoms with Crippen LogP contribution in [-0.4, -0.2) is 23.3 Å². The van der Waals surface area contributed by atoms with Gasteiger partial charge in [-0.3, -0.25) is 0 Å². The number of rotatable bonds is 5. The van der Waals surface area contributed by atoms with Crippen molar-refractivity contribution in [1.82, 2.24) is 0 Å². The van der Waals surface area contributed by atoms with Crippen LogP contribution >= 0.6 is 11.6 Å². The summed E-state index contributed by atoms with van der Waals surface area (Å²) in [5.74, 6) is -1.57. The van der Waals surface area contributed by atoms with Gasteiger partial charge in [-0.25, -0.2) is 4.79 Å². The minimum Gasteiger partial charge on any atom is -0.478 e. The van der Waals surface area contributed by atoms with Crippen LogP contribution in [0, 0.1) is 0 Å². The molecule has 0 heterocycles. The van der Waals surface area contributed by atoms with Crippen LogP contribution in [0.1, 0.15) is 22.3 Å². The zero-order valence-corrected chi connectivity index (χ0v) is 9.88. The number of carboxylic acid groups (broad SMARTS) is 1. The van der Waals surface area contributed by atoms with Gasteiger partial charge in [-0.05, 0) is 25.0 Å². The van der Waals surface area contributed by atoms with Crippen LogP contribution in [0.5, 0.6) is 5.75 Å².